The fraction of sp³-hybridized carbons (Fsp3) is 0.200. The first-order valence-corrected chi connectivity index (χ1v) is 4.15. The molecule has 1 aromatic carbocycles. The van der Waals surface area contributed by atoms with Crippen molar-refractivity contribution in [2.45, 2.75) is 6.29 Å². The zero-order valence-electron chi connectivity index (χ0n) is 8.04. The maximum Gasteiger partial charge on any atom is 0.373 e. The van der Waals surface area contributed by atoms with E-state index < -0.39 is 12.3 Å². The summed E-state index contributed by atoms with van der Waals surface area (Å²) < 4.78 is 9.57. The summed E-state index contributed by atoms with van der Waals surface area (Å²) in [5.41, 5.74) is 0.492. The monoisotopic (exact) mass is 210 g/mol. The number of carbonyl (C=O) groups is 2. The zero-order valence-corrected chi connectivity index (χ0v) is 8.04. The molecule has 0 aliphatic heterocycles. The predicted molar refractivity (Wildman–Crippen MR) is 50.9 cm³/mol. The highest BCUT2D eigenvalue weighted by Gasteiger charge is 2.17. The number of rotatable bonds is 5. The summed E-state index contributed by atoms with van der Waals surface area (Å²) >= 11 is 0. The smallest absolute Gasteiger partial charge is 0.373 e. The first-order valence-electron chi connectivity index (χ1n) is 4.15. The highest BCUT2D eigenvalue weighted by molar-refractivity contribution is 5.75. The largest absolute Gasteiger partial charge is 0.477 e. The van der Waals surface area contributed by atoms with Crippen molar-refractivity contribution in [2.24, 2.45) is 0 Å². The van der Waals surface area contributed by atoms with Crippen LogP contribution in [0.4, 0.5) is 0 Å². The number of carboxylic acids is 1. The predicted octanol–water partition coefficient (Wildman–Crippen LogP) is 0.935. The summed E-state index contributed by atoms with van der Waals surface area (Å²) in [6.45, 7) is 0. The third-order valence-corrected chi connectivity index (χ3v) is 1.68. The highest BCUT2D eigenvalue weighted by atomic mass is 16.7. The average molecular weight is 210 g/mol. The van der Waals surface area contributed by atoms with Crippen molar-refractivity contribution in [1.82, 2.24) is 0 Å². The Morgan fingerprint density at radius 2 is 2.00 bits per heavy atom. The van der Waals surface area contributed by atoms with Crippen molar-refractivity contribution in [3.05, 3.63) is 29.8 Å². The van der Waals surface area contributed by atoms with Crippen molar-refractivity contribution in [3.63, 3.8) is 0 Å². The van der Waals surface area contributed by atoms with Gasteiger partial charge < -0.3 is 14.6 Å². The second-order valence-corrected chi connectivity index (χ2v) is 2.71. The lowest BCUT2D eigenvalue weighted by atomic mass is 10.2. The lowest BCUT2D eigenvalue weighted by molar-refractivity contribution is -0.166. The topological polar surface area (TPSA) is 72.8 Å². The van der Waals surface area contributed by atoms with Crippen molar-refractivity contribution in [1.29, 1.82) is 0 Å². The van der Waals surface area contributed by atoms with Gasteiger partial charge in [-0.2, -0.15) is 0 Å². The van der Waals surface area contributed by atoms with Crippen molar-refractivity contribution in [3.8, 4) is 5.75 Å². The van der Waals surface area contributed by atoms with Gasteiger partial charge in [0, 0.05) is 12.7 Å². The van der Waals surface area contributed by atoms with E-state index in [1.165, 1.54) is 31.4 Å². The Bertz CT molecular complexity index is 343. The van der Waals surface area contributed by atoms with Crippen LogP contribution in [0.15, 0.2) is 24.3 Å². The van der Waals surface area contributed by atoms with Crippen LogP contribution < -0.4 is 4.74 Å². The third-order valence-electron chi connectivity index (χ3n) is 1.68. The lowest BCUT2D eigenvalue weighted by Crippen LogP contribution is -2.28. The molecule has 5 heteroatoms. The van der Waals surface area contributed by atoms with Crippen LogP contribution in [0.25, 0.3) is 0 Å². The van der Waals surface area contributed by atoms with Gasteiger partial charge in [0.25, 0.3) is 6.29 Å². The summed E-state index contributed by atoms with van der Waals surface area (Å²) in [5, 5.41) is 8.63. The van der Waals surface area contributed by atoms with Gasteiger partial charge in [-0.25, -0.2) is 4.79 Å². The SMILES string of the molecule is COC(Oc1ccc(C=O)cc1)C(=O)O. The second kappa shape index (κ2) is 5.11. The van der Waals surface area contributed by atoms with Gasteiger partial charge in [-0.1, -0.05) is 0 Å². The van der Waals surface area contributed by atoms with E-state index in [0.717, 1.165) is 0 Å². The molecule has 0 amide bonds. The molecule has 1 unspecified atom stereocenters. The normalized spacial score (nSPS) is 11.8. The van der Waals surface area contributed by atoms with E-state index >= 15 is 0 Å². The molecule has 1 atom stereocenters. The second-order valence-electron chi connectivity index (χ2n) is 2.71. The molecule has 0 saturated heterocycles. The van der Waals surface area contributed by atoms with E-state index in [1.807, 2.05) is 0 Å². The molecule has 0 saturated carbocycles. The number of benzene rings is 1. The minimum atomic E-state index is -1.34. The molecule has 0 heterocycles. The molecule has 80 valence electrons. The summed E-state index contributed by atoms with van der Waals surface area (Å²) in [6, 6.07) is 6.05. The lowest BCUT2D eigenvalue weighted by Gasteiger charge is -2.12. The number of carboxylic acid groups (broad SMARTS) is 1. The van der Waals surface area contributed by atoms with E-state index in [4.69, 9.17) is 9.84 Å². The van der Waals surface area contributed by atoms with Crippen LogP contribution in [0.2, 0.25) is 0 Å². The van der Waals surface area contributed by atoms with Gasteiger partial charge in [0.15, 0.2) is 0 Å². The number of aliphatic carboxylic acids is 1. The molecule has 5 nitrogen and oxygen atoms in total. The molecular weight excluding hydrogens is 200 g/mol. The van der Waals surface area contributed by atoms with Gasteiger partial charge in [-0.05, 0) is 24.3 Å². The van der Waals surface area contributed by atoms with E-state index in [2.05, 4.69) is 4.74 Å². The van der Waals surface area contributed by atoms with Crippen LogP contribution in [0.1, 0.15) is 10.4 Å². The number of aldehydes is 1. The van der Waals surface area contributed by atoms with Gasteiger partial charge >= 0.3 is 5.97 Å². The van der Waals surface area contributed by atoms with E-state index in [-0.39, 0.29) is 0 Å². The van der Waals surface area contributed by atoms with E-state index in [0.29, 0.717) is 17.6 Å². The summed E-state index contributed by atoms with van der Waals surface area (Å²) in [5.74, 6) is -0.883. The molecule has 1 N–H and O–H groups in total. The maximum absolute atomic E-state index is 10.6. The Morgan fingerprint density at radius 1 is 1.40 bits per heavy atom. The minimum Gasteiger partial charge on any atom is -0.477 e. The summed E-state index contributed by atoms with van der Waals surface area (Å²) in [4.78, 5) is 20.9. The first-order chi connectivity index (χ1) is 7.17. The fourth-order valence-corrected chi connectivity index (χ4v) is 0.948. The number of carbonyl (C=O) groups excluding carboxylic acids is 1. The Labute approximate surface area is 86.2 Å². The Morgan fingerprint density at radius 3 is 2.40 bits per heavy atom. The summed E-state index contributed by atoms with van der Waals surface area (Å²) in [6.07, 6.45) is -0.651. The maximum atomic E-state index is 10.6. The van der Waals surface area contributed by atoms with Gasteiger partial charge in [0.1, 0.15) is 12.0 Å². The Hall–Kier alpha value is -1.88. The quantitative estimate of drug-likeness (QED) is 0.578. The Kier molecular flexibility index (Phi) is 3.82. The molecular formula is C10H10O5. The molecule has 0 radical (unpaired) electrons. The van der Waals surface area contributed by atoms with E-state index in [1.54, 1.807) is 0 Å². The van der Waals surface area contributed by atoms with Gasteiger partial charge in [0.2, 0.25) is 0 Å². The van der Waals surface area contributed by atoms with Crippen LogP contribution in [-0.2, 0) is 9.53 Å². The molecule has 1 aromatic rings. The molecule has 0 aliphatic rings. The van der Waals surface area contributed by atoms with Crippen molar-refractivity contribution >= 4 is 12.3 Å². The van der Waals surface area contributed by atoms with Crippen LogP contribution in [0, 0.1) is 0 Å². The molecule has 15 heavy (non-hydrogen) atoms. The molecule has 0 aliphatic carbocycles. The molecule has 0 fully saturated rings. The summed E-state index contributed by atoms with van der Waals surface area (Å²) in [7, 11) is 1.23. The number of hydrogen-bond donors (Lipinski definition) is 1. The van der Waals surface area contributed by atoms with E-state index in [9.17, 15) is 9.59 Å². The number of ether oxygens (including phenoxy) is 2. The minimum absolute atomic E-state index is 0.329. The average Bonchev–Trinajstić information content (AvgIpc) is 2.26. The third kappa shape index (κ3) is 3.07. The number of methoxy groups -OCH3 is 1. The van der Waals surface area contributed by atoms with Crippen LogP contribution in [0.5, 0.6) is 5.75 Å². The van der Waals surface area contributed by atoms with Crippen molar-refractivity contribution < 1.29 is 24.2 Å². The van der Waals surface area contributed by atoms with Gasteiger partial charge in [0.05, 0.1) is 0 Å². The van der Waals surface area contributed by atoms with Crippen molar-refractivity contribution in [2.75, 3.05) is 7.11 Å². The van der Waals surface area contributed by atoms with Gasteiger partial charge in [-0.15, -0.1) is 0 Å². The van der Waals surface area contributed by atoms with Crippen LogP contribution in [-0.4, -0.2) is 30.8 Å². The standard InChI is InChI=1S/C10H10O5/c1-14-10(9(12)13)15-8-4-2-7(6-11)3-5-8/h2-6,10H,1H3,(H,12,13). The van der Waals surface area contributed by atoms with Crippen LogP contribution in [0.3, 0.4) is 0 Å². The van der Waals surface area contributed by atoms with Crippen LogP contribution >= 0.6 is 0 Å². The Balaban J connectivity index is 2.71. The van der Waals surface area contributed by atoms with Gasteiger partial charge in [-0.3, -0.25) is 4.79 Å². The fourth-order valence-electron chi connectivity index (χ4n) is 0.948. The first kappa shape index (κ1) is 11.2. The zero-order chi connectivity index (χ0) is 11.3. The molecule has 0 bridgehead atoms. The molecule has 1 rings (SSSR count). The molecule has 0 spiro atoms. The molecule has 0 aromatic heterocycles. The highest BCUT2D eigenvalue weighted by Crippen LogP contribution is 2.13. The number of hydrogen-bond acceptors (Lipinski definition) is 4.